The minimum Gasteiger partial charge on any atom is -0.398 e. The Kier molecular flexibility index (Phi) is 4.09. The molecule has 1 atom stereocenters. The summed E-state index contributed by atoms with van der Waals surface area (Å²) < 4.78 is 27.0. The molecule has 1 aliphatic rings. The first-order valence-electron chi connectivity index (χ1n) is 6.79. The fourth-order valence-corrected chi connectivity index (χ4v) is 4.81. The molecule has 3 N–H and O–H groups in total. The monoisotopic (exact) mass is 298 g/mol. The molecule has 1 aliphatic heterocycles. The maximum absolute atomic E-state index is 12.8. The van der Waals surface area contributed by atoms with Gasteiger partial charge in [0.25, 0.3) is 0 Å². The number of nitrogens with two attached hydrogens (primary N) is 1. The third-order valence-electron chi connectivity index (χ3n) is 3.92. The molecule has 0 aliphatic carbocycles. The Morgan fingerprint density at radius 1 is 1.30 bits per heavy atom. The molecule has 0 aromatic heterocycles. The van der Waals surface area contributed by atoms with Gasteiger partial charge >= 0.3 is 0 Å². The van der Waals surface area contributed by atoms with Crippen LogP contribution in [0.2, 0.25) is 0 Å². The van der Waals surface area contributed by atoms with Crippen molar-refractivity contribution >= 4 is 15.7 Å². The first kappa shape index (κ1) is 15.3. The third kappa shape index (κ3) is 2.55. The average Bonchev–Trinajstić information content (AvgIpc) is 2.36. The second kappa shape index (κ2) is 5.35. The van der Waals surface area contributed by atoms with Gasteiger partial charge < -0.3 is 10.8 Å². The standard InChI is InChI=1S/C14H22N2O3S/c1-9-7-10(2)14(11(3)13(9)15)20(18,19)16-6-4-5-12(17)8-16/h7,12,17H,4-6,8,15H2,1-3H3. The van der Waals surface area contributed by atoms with Crippen molar-refractivity contribution in [3.05, 3.63) is 22.8 Å². The van der Waals surface area contributed by atoms with E-state index in [1.807, 2.05) is 6.92 Å². The minimum atomic E-state index is -3.60. The molecule has 2 rings (SSSR count). The van der Waals surface area contributed by atoms with Crippen LogP contribution in [0.15, 0.2) is 11.0 Å². The Morgan fingerprint density at radius 3 is 2.55 bits per heavy atom. The van der Waals surface area contributed by atoms with Crippen molar-refractivity contribution in [2.24, 2.45) is 0 Å². The predicted octanol–water partition coefficient (Wildman–Crippen LogP) is 1.34. The maximum Gasteiger partial charge on any atom is 0.243 e. The zero-order valence-electron chi connectivity index (χ0n) is 12.2. The number of nitrogens with zero attached hydrogens (tertiary/aromatic N) is 1. The molecule has 1 heterocycles. The van der Waals surface area contributed by atoms with Gasteiger partial charge in [-0.2, -0.15) is 4.31 Å². The summed E-state index contributed by atoms with van der Waals surface area (Å²) in [6.45, 7) is 6.01. The SMILES string of the molecule is Cc1cc(C)c(S(=O)(=O)N2CCCC(O)C2)c(C)c1N. The van der Waals surface area contributed by atoms with Crippen molar-refractivity contribution in [1.29, 1.82) is 0 Å². The largest absolute Gasteiger partial charge is 0.398 e. The van der Waals surface area contributed by atoms with E-state index in [2.05, 4.69) is 0 Å². The highest BCUT2D eigenvalue weighted by Gasteiger charge is 2.32. The van der Waals surface area contributed by atoms with Crippen LogP contribution in [0.25, 0.3) is 0 Å². The van der Waals surface area contributed by atoms with Gasteiger partial charge in [-0.25, -0.2) is 8.42 Å². The van der Waals surface area contributed by atoms with Gasteiger partial charge in [-0.3, -0.25) is 0 Å². The molecule has 5 nitrogen and oxygen atoms in total. The Bertz CT molecular complexity index is 626. The van der Waals surface area contributed by atoms with Crippen LogP contribution in [0.1, 0.15) is 29.5 Å². The number of hydrogen-bond donors (Lipinski definition) is 2. The highest BCUT2D eigenvalue weighted by Crippen LogP contribution is 2.31. The highest BCUT2D eigenvalue weighted by atomic mass is 32.2. The highest BCUT2D eigenvalue weighted by molar-refractivity contribution is 7.89. The van der Waals surface area contributed by atoms with Crippen LogP contribution in [0, 0.1) is 20.8 Å². The van der Waals surface area contributed by atoms with E-state index in [0.717, 1.165) is 5.56 Å². The first-order valence-corrected chi connectivity index (χ1v) is 8.23. The van der Waals surface area contributed by atoms with E-state index in [1.165, 1.54) is 4.31 Å². The Hall–Kier alpha value is -1.11. The van der Waals surface area contributed by atoms with E-state index in [0.29, 0.717) is 36.2 Å². The number of piperidine rings is 1. The second-order valence-electron chi connectivity index (χ2n) is 5.54. The average molecular weight is 298 g/mol. The zero-order chi connectivity index (χ0) is 15.1. The fourth-order valence-electron chi connectivity index (χ4n) is 2.85. The number of hydrogen-bond acceptors (Lipinski definition) is 4. The lowest BCUT2D eigenvalue weighted by Crippen LogP contribution is -2.42. The van der Waals surface area contributed by atoms with Gasteiger partial charge in [0.1, 0.15) is 0 Å². The van der Waals surface area contributed by atoms with E-state index in [4.69, 9.17) is 5.73 Å². The van der Waals surface area contributed by atoms with Crippen molar-refractivity contribution in [3.8, 4) is 0 Å². The van der Waals surface area contributed by atoms with Crippen LogP contribution in [0.3, 0.4) is 0 Å². The van der Waals surface area contributed by atoms with Crippen molar-refractivity contribution in [2.75, 3.05) is 18.8 Å². The molecule has 1 saturated heterocycles. The molecule has 0 spiro atoms. The normalized spacial score (nSPS) is 21.1. The molecule has 1 unspecified atom stereocenters. The molecule has 1 aromatic carbocycles. The number of aryl methyl sites for hydroxylation is 2. The number of rotatable bonds is 2. The van der Waals surface area contributed by atoms with Crippen LogP contribution in [-0.4, -0.2) is 37.0 Å². The van der Waals surface area contributed by atoms with Gasteiger partial charge in [0, 0.05) is 18.8 Å². The molecule has 0 saturated carbocycles. The lowest BCUT2D eigenvalue weighted by Gasteiger charge is -2.30. The summed E-state index contributed by atoms with van der Waals surface area (Å²) in [5, 5.41) is 9.70. The number of nitrogen functional groups attached to an aromatic ring is 1. The van der Waals surface area contributed by atoms with E-state index in [-0.39, 0.29) is 11.4 Å². The predicted molar refractivity (Wildman–Crippen MR) is 79.1 cm³/mol. The smallest absolute Gasteiger partial charge is 0.243 e. The molecular formula is C14H22N2O3S. The Labute approximate surface area is 120 Å². The summed E-state index contributed by atoms with van der Waals surface area (Å²) in [6.07, 6.45) is 0.752. The molecule has 0 radical (unpaired) electrons. The molecule has 0 amide bonds. The van der Waals surface area contributed by atoms with E-state index in [1.54, 1.807) is 19.9 Å². The van der Waals surface area contributed by atoms with Crippen molar-refractivity contribution in [3.63, 3.8) is 0 Å². The van der Waals surface area contributed by atoms with Crippen molar-refractivity contribution < 1.29 is 13.5 Å². The number of aliphatic hydroxyl groups excluding tert-OH is 1. The van der Waals surface area contributed by atoms with E-state index >= 15 is 0 Å². The van der Waals surface area contributed by atoms with Crippen LogP contribution in [0.4, 0.5) is 5.69 Å². The van der Waals surface area contributed by atoms with Gasteiger partial charge in [0.2, 0.25) is 10.0 Å². The summed E-state index contributed by atoms with van der Waals surface area (Å²) in [5.41, 5.74) is 8.68. The van der Waals surface area contributed by atoms with E-state index < -0.39 is 16.1 Å². The molecular weight excluding hydrogens is 276 g/mol. The van der Waals surface area contributed by atoms with Crippen LogP contribution < -0.4 is 5.73 Å². The van der Waals surface area contributed by atoms with Gasteiger partial charge in [-0.05, 0) is 50.3 Å². The quantitative estimate of drug-likeness (QED) is 0.807. The number of β-amino-alcohol motifs (C(OH)–C–C–N with tert-alkyl or cyclic N) is 1. The topological polar surface area (TPSA) is 83.6 Å². The van der Waals surface area contributed by atoms with Gasteiger partial charge in [-0.15, -0.1) is 0 Å². The maximum atomic E-state index is 12.8. The first-order chi connectivity index (χ1) is 9.25. The zero-order valence-corrected chi connectivity index (χ0v) is 13.0. The molecule has 6 heteroatoms. The third-order valence-corrected chi connectivity index (χ3v) is 6.07. The summed E-state index contributed by atoms with van der Waals surface area (Å²) in [7, 11) is -3.60. The van der Waals surface area contributed by atoms with Crippen LogP contribution in [-0.2, 0) is 10.0 Å². The number of aliphatic hydroxyl groups is 1. The van der Waals surface area contributed by atoms with Crippen molar-refractivity contribution in [2.45, 2.75) is 44.6 Å². The molecule has 0 bridgehead atoms. The summed E-state index contributed by atoms with van der Waals surface area (Å²) in [5.74, 6) is 0. The van der Waals surface area contributed by atoms with Crippen LogP contribution >= 0.6 is 0 Å². The Balaban J connectivity index is 2.52. The van der Waals surface area contributed by atoms with Gasteiger partial charge in [-0.1, -0.05) is 6.07 Å². The number of sulfonamides is 1. The number of anilines is 1. The van der Waals surface area contributed by atoms with Gasteiger partial charge in [0.05, 0.1) is 11.0 Å². The lowest BCUT2D eigenvalue weighted by molar-refractivity contribution is 0.108. The van der Waals surface area contributed by atoms with E-state index in [9.17, 15) is 13.5 Å². The molecule has 112 valence electrons. The summed E-state index contributed by atoms with van der Waals surface area (Å²) in [4.78, 5) is 0.287. The molecule has 1 fully saturated rings. The minimum absolute atomic E-state index is 0.162. The van der Waals surface area contributed by atoms with Crippen LogP contribution in [0.5, 0.6) is 0 Å². The second-order valence-corrected chi connectivity index (χ2v) is 7.41. The summed E-state index contributed by atoms with van der Waals surface area (Å²) in [6, 6.07) is 1.80. The van der Waals surface area contributed by atoms with Gasteiger partial charge in [0.15, 0.2) is 0 Å². The molecule has 1 aromatic rings. The number of benzene rings is 1. The summed E-state index contributed by atoms with van der Waals surface area (Å²) >= 11 is 0. The lowest BCUT2D eigenvalue weighted by atomic mass is 10.1. The van der Waals surface area contributed by atoms with Crippen molar-refractivity contribution in [1.82, 2.24) is 4.31 Å². The molecule has 20 heavy (non-hydrogen) atoms. The Morgan fingerprint density at radius 2 is 1.95 bits per heavy atom. The fraction of sp³-hybridized carbons (Fsp3) is 0.571.